The fraction of sp³-hybridized carbons (Fsp3) is 0.765. The predicted octanol–water partition coefficient (Wildman–Crippen LogP) is 1.86. The average molecular weight is 652 g/mol. The summed E-state index contributed by atoms with van der Waals surface area (Å²) in [6.45, 7) is 12.6. The van der Waals surface area contributed by atoms with Crippen LogP contribution in [0, 0.1) is 0 Å². The van der Waals surface area contributed by atoms with E-state index in [-0.39, 0.29) is 24.0 Å². The Balaban J connectivity index is 0.930. The van der Waals surface area contributed by atoms with E-state index >= 15 is 0 Å². The van der Waals surface area contributed by atoms with Gasteiger partial charge in [0.2, 0.25) is 0 Å². The topological polar surface area (TPSA) is 127 Å². The maximum atomic E-state index is 12.4. The third-order valence-corrected chi connectivity index (χ3v) is 9.73. The maximum absolute atomic E-state index is 12.4. The number of hydrogen-bond donors (Lipinski definition) is 2. The summed E-state index contributed by atoms with van der Waals surface area (Å²) in [5.74, 6) is 0.660. The summed E-state index contributed by atoms with van der Waals surface area (Å²) < 4.78 is 50.9. The zero-order valence-corrected chi connectivity index (χ0v) is 27.3. The molecule has 12 nitrogen and oxygen atoms in total. The monoisotopic (exact) mass is 651 g/mol. The number of phenolic OH excluding ortho intramolecular Hbond substituents is 1. The zero-order chi connectivity index (χ0) is 32.2. The fourth-order valence-corrected chi connectivity index (χ4v) is 7.74. The molecule has 1 saturated heterocycles. The molecule has 2 heterocycles. The van der Waals surface area contributed by atoms with Gasteiger partial charge in [-0.15, -0.1) is 6.58 Å². The fourth-order valence-electron chi connectivity index (χ4n) is 7.74. The lowest BCUT2D eigenvalue weighted by Crippen LogP contribution is -2.77. The van der Waals surface area contributed by atoms with Gasteiger partial charge in [-0.3, -0.25) is 4.90 Å². The van der Waals surface area contributed by atoms with Crippen molar-refractivity contribution in [2.75, 3.05) is 113 Å². The van der Waals surface area contributed by atoms with Gasteiger partial charge in [0.25, 0.3) is 0 Å². The molecular weight excluding hydrogens is 598 g/mol. The Morgan fingerprint density at radius 1 is 0.848 bits per heavy atom. The van der Waals surface area contributed by atoms with E-state index < -0.39 is 11.0 Å². The molecule has 2 fully saturated rings. The second kappa shape index (κ2) is 17.5. The van der Waals surface area contributed by atoms with Gasteiger partial charge in [0.1, 0.15) is 6.10 Å². The molecule has 0 amide bonds. The molecule has 2 aliphatic carbocycles. The Morgan fingerprint density at radius 3 is 1.98 bits per heavy atom. The third-order valence-electron chi connectivity index (χ3n) is 9.73. The van der Waals surface area contributed by atoms with E-state index in [2.05, 4.69) is 11.5 Å². The summed E-state index contributed by atoms with van der Waals surface area (Å²) in [6.07, 6.45) is 4.12. The van der Waals surface area contributed by atoms with Crippen molar-refractivity contribution in [1.82, 2.24) is 4.90 Å². The number of methoxy groups -OCH3 is 1. The number of nitrogens with zero attached hydrogens (tertiary/aromatic N) is 1. The molecule has 0 radical (unpaired) electrons. The largest absolute Gasteiger partial charge is 0.504 e. The molecule has 0 unspecified atom stereocenters. The zero-order valence-electron chi connectivity index (χ0n) is 27.3. The first-order valence-electron chi connectivity index (χ1n) is 16.7. The number of ether oxygens (including phenoxy) is 9. The smallest absolute Gasteiger partial charge is 0.165 e. The molecule has 12 heteroatoms. The maximum Gasteiger partial charge on any atom is 0.165 e. The Morgan fingerprint density at radius 2 is 1.41 bits per heavy atom. The van der Waals surface area contributed by atoms with Crippen LogP contribution in [0.1, 0.15) is 30.4 Å². The summed E-state index contributed by atoms with van der Waals surface area (Å²) >= 11 is 0. The molecule has 260 valence electrons. The van der Waals surface area contributed by atoms with Crippen molar-refractivity contribution in [2.24, 2.45) is 0 Å². The van der Waals surface area contributed by atoms with Crippen LogP contribution < -0.4 is 4.74 Å². The number of rotatable bonds is 24. The molecule has 2 bridgehead atoms. The standard InChI is InChI=1S/C34H53NO11/c1-3-9-35-10-8-33-30-26-4-5-27(36)31(30)46-32(33)28(6-7-34(33,37)29(35)25-26)45-24-23-44-22-21-43-20-19-42-18-17-41-16-15-40-14-13-39-12-11-38-2/h3-5,28-29,32,36-37H,1,6-25H2,2H3/t28-,29-,32-,33+,34-/m0/s1. The van der Waals surface area contributed by atoms with Crippen LogP contribution in [0.25, 0.3) is 0 Å². The first-order chi connectivity index (χ1) is 22.6. The molecular formula is C34H53NO11. The van der Waals surface area contributed by atoms with Crippen LogP contribution in [0.5, 0.6) is 11.5 Å². The summed E-state index contributed by atoms with van der Waals surface area (Å²) in [4.78, 5) is 2.35. The molecule has 2 N–H and O–H groups in total. The Labute approximate surface area is 272 Å². The van der Waals surface area contributed by atoms with E-state index in [0.29, 0.717) is 111 Å². The number of benzene rings is 1. The van der Waals surface area contributed by atoms with E-state index in [1.54, 1.807) is 13.2 Å². The minimum Gasteiger partial charge on any atom is -0.504 e. The molecule has 1 spiro atoms. The molecule has 2 aliphatic heterocycles. The highest BCUT2D eigenvalue weighted by Gasteiger charge is 2.73. The summed E-state index contributed by atoms with van der Waals surface area (Å²) in [5.41, 5.74) is 0.592. The van der Waals surface area contributed by atoms with Crippen molar-refractivity contribution in [3.05, 3.63) is 35.9 Å². The van der Waals surface area contributed by atoms with Gasteiger partial charge in [-0.05, 0) is 43.9 Å². The number of phenols is 1. The second-order valence-electron chi connectivity index (χ2n) is 12.3. The quantitative estimate of drug-likeness (QED) is 0.125. The van der Waals surface area contributed by atoms with Crippen LogP contribution in [0.3, 0.4) is 0 Å². The SMILES string of the molecule is C=CCN1CC[C@@]23c4c5ccc(O)c4O[C@H]2[C@@H](OCCOCCOCCOCCOCCOCCOCCOC)CC[C@]3(O)[C@@H]1C5. The van der Waals surface area contributed by atoms with Crippen LogP contribution in [0.2, 0.25) is 0 Å². The van der Waals surface area contributed by atoms with Crippen molar-refractivity contribution in [2.45, 2.75) is 54.9 Å². The van der Waals surface area contributed by atoms with E-state index in [1.807, 2.05) is 12.1 Å². The van der Waals surface area contributed by atoms with E-state index in [0.717, 1.165) is 37.1 Å². The van der Waals surface area contributed by atoms with Gasteiger partial charge in [-0.25, -0.2) is 0 Å². The second-order valence-corrected chi connectivity index (χ2v) is 12.3. The number of aromatic hydroxyl groups is 1. The summed E-state index contributed by atoms with van der Waals surface area (Å²) in [5, 5.41) is 23.1. The van der Waals surface area contributed by atoms with Gasteiger partial charge in [0.05, 0.1) is 110 Å². The molecule has 1 aromatic rings. The molecule has 1 saturated carbocycles. The van der Waals surface area contributed by atoms with Gasteiger partial charge in [0.15, 0.2) is 11.5 Å². The average Bonchev–Trinajstić information content (AvgIpc) is 3.41. The van der Waals surface area contributed by atoms with Crippen molar-refractivity contribution in [3.63, 3.8) is 0 Å². The molecule has 0 aromatic heterocycles. The Kier molecular flexibility index (Phi) is 13.5. The van der Waals surface area contributed by atoms with Crippen molar-refractivity contribution in [3.8, 4) is 11.5 Å². The van der Waals surface area contributed by atoms with Crippen LogP contribution in [-0.4, -0.2) is 152 Å². The minimum atomic E-state index is -0.954. The highest BCUT2D eigenvalue weighted by Crippen LogP contribution is 2.65. The number of likely N-dealkylation sites (tertiary alicyclic amines) is 1. The summed E-state index contributed by atoms with van der Waals surface area (Å²) in [7, 11) is 1.65. The first kappa shape index (κ1) is 35.5. The number of aliphatic hydroxyl groups is 1. The first-order valence-corrected chi connectivity index (χ1v) is 16.7. The van der Waals surface area contributed by atoms with Gasteiger partial charge < -0.3 is 52.8 Å². The van der Waals surface area contributed by atoms with Crippen LogP contribution in [0.15, 0.2) is 24.8 Å². The lowest BCUT2D eigenvalue weighted by molar-refractivity contribution is -0.215. The minimum absolute atomic E-state index is 0.0238. The van der Waals surface area contributed by atoms with Gasteiger partial charge in [0, 0.05) is 25.3 Å². The molecule has 5 rings (SSSR count). The highest BCUT2D eigenvalue weighted by atomic mass is 16.6. The summed E-state index contributed by atoms with van der Waals surface area (Å²) in [6, 6.07) is 3.69. The van der Waals surface area contributed by atoms with Crippen molar-refractivity contribution < 1.29 is 52.8 Å². The molecule has 5 atom stereocenters. The van der Waals surface area contributed by atoms with Gasteiger partial charge in [-0.1, -0.05) is 12.1 Å². The van der Waals surface area contributed by atoms with Crippen LogP contribution >= 0.6 is 0 Å². The highest BCUT2D eigenvalue weighted by molar-refractivity contribution is 5.62. The van der Waals surface area contributed by atoms with E-state index in [1.165, 1.54) is 0 Å². The van der Waals surface area contributed by atoms with E-state index in [4.69, 9.17) is 42.6 Å². The van der Waals surface area contributed by atoms with E-state index in [9.17, 15) is 10.2 Å². The lowest BCUT2D eigenvalue weighted by Gasteiger charge is -2.64. The Bertz CT molecular complexity index is 1090. The number of piperidine rings is 1. The normalized spacial score (nSPS) is 27.8. The third kappa shape index (κ3) is 7.72. The van der Waals surface area contributed by atoms with Crippen LogP contribution in [0.4, 0.5) is 0 Å². The van der Waals surface area contributed by atoms with Gasteiger partial charge >= 0.3 is 0 Å². The van der Waals surface area contributed by atoms with Crippen molar-refractivity contribution >= 4 is 0 Å². The lowest BCUT2D eigenvalue weighted by atomic mass is 9.48. The molecule has 1 aromatic carbocycles. The predicted molar refractivity (Wildman–Crippen MR) is 169 cm³/mol. The Hall–Kier alpha value is -1.84. The van der Waals surface area contributed by atoms with Crippen LogP contribution in [-0.2, 0) is 49.7 Å². The number of hydrogen-bond acceptors (Lipinski definition) is 12. The van der Waals surface area contributed by atoms with Crippen molar-refractivity contribution in [1.29, 1.82) is 0 Å². The van der Waals surface area contributed by atoms with Gasteiger partial charge in [-0.2, -0.15) is 0 Å². The molecule has 4 aliphatic rings. The molecule has 46 heavy (non-hydrogen) atoms.